The zero-order valence-corrected chi connectivity index (χ0v) is 9.57. The van der Waals surface area contributed by atoms with Crippen LogP contribution >= 0.6 is 0 Å². The van der Waals surface area contributed by atoms with Gasteiger partial charge in [0.05, 0.1) is 0 Å². The third-order valence-electron chi connectivity index (χ3n) is 2.76. The van der Waals surface area contributed by atoms with Crippen LogP contribution in [0.3, 0.4) is 0 Å². The van der Waals surface area contributed by atoms with Gasteiger partial charge in [0.2, 0.25) is 0 Å². The molecule has 18 heavy (non-hydrogen) atoms. The van der Waals surface area contributed by atoms with Crippen LogP contribution in [0.1, 0.15) is 25.7 Å². The first-order valence-electron chi connectivity index (χ1n) is 5.73. The Kier molecular flexibility index (Phi) is 3.84. The maximum atomic E-state index is 13.4. The molecule has 0 amide bonds. The van der Waals surface area contributed by atoms with E-state index in [1.807, 2.05) is 0 Å². The van der Waals surface area contributed by atoms with Crippen LogP contribution < -0.4 is 5.32 Å². The van der Waals surface area contributed by atoms with Gasteiger partial charge in [-0.15, -0.1) is 0 Å². The maximum Gasteiger partial charge on any atom is 0.185 e. The van der Waals surface area contributed by atoms with Crippen LogP contribution in [0.4, 0.5) is 23.2 Å². The lowest BCUT2D eigenvalue weighted by Crippen LogP contribution is -2.15. The Bertz CT molecular complexity index is 459. The molecule has 1 heterocycles. The molecular weight excluding hydrogens is 248 g/mol. The number of anilines is 1. The van der Waals surface area contributed by atoms with Crippen molar-refractivity contribution in [2.75, 3.05) is 11.9 Å². The Morgan fingerprint density at radius 2 is 1.61 bits per heavy atom. The number of nitrogens with one attached hydrogen (secondary N) is 1. The standard InChI is InChI=1S/C12H12F4N2/c13-7-6-8(14)11(16)12(10(7)15)18-9-4-2-1-3-5-17-9/h6H,1-5H2,(H,17,18). The first-order valence-corrected chi connectivity index (χ1v) is 5.73. The molecule has 0 saturated heterocycles. The average molecular weight is 260 g/mol. The summed E-state index contributed by atoms with van der Waals surface area (Å²) in [5.74, 6) is -5.35. The molecule has 0 unspecified atom stereocenters. The number of hydrogen-bond donors (Lipinski definition) is 1. The van der Waals surface area contributed by atoms with Crippen LogP contribution in [0.15, 0.2) is 11.1 Å². The van der Waals surface area contributed by atoms with Gasteiger partial charge in [0.1, 0.15) is 11.5 Å². The summed E-state index contributed by atoms with van der Waals surface area (Å²) in [6.45, 7) is 0.545. The molecule has 0 radical (unpaired) electrons. The number of aliphatic imine (C=N–C) groups is 1. The molecule has 98 valence electrons. The molecular formula is C12H12F4N2. The maximum absolute atomic E-state index is 13.4. The van der Waals surface area contributed by atoms with Gasteiger partial charge in [0.15, 0.2) is 23.3 Å². The molecule has 0 spiro atoms. The van der Waals surface area contributed by atoms with Crippen molar-refractivity contribution in [3.63, 3.8) is 0 Å². The highest BCUT2D eigenvalue weighted by Crippen LogP contribution is 2.25. The minimum atomic E-state index is -1.43. The van der Waals surface area contributed by atoms with E-state index in [0.717, 1.165) is 19.3 Å². The minimum Gasteiger partial charge on any atom is -0.339 e. The number of nitrogens with zero attached hydrogens (tertiary/aromatic N) is 1. The van der Waals surface area contributed by atoms with E-state index < -0.39 is 29.0 Å². The summed E-state index contributed by atoms with van der Waals surface area (Å²) >= 11 is 0. The Morgan fingerprint density at radius 1 is 0.944 bits per heavy atom. The smallest absolute Gasteiger partial charge is 0.185 e. The van der Waals surface area contributed by atoms with E-state index in [2.05, 4.69) is 10.3 Å². The predicted molar refractivity (Wildman–Crippen MR) is 60.7 cm³/mol. The van der Waals surface area contributed by atoms with Gasteiger partial charge in [-0.25, -0.2) is 17.6 Å². The molecule has 0 atom stereocenters. The highest BCUT2D eigenvalue weighted by molar-refractivity contribution is 5.95. The summed E-state index contributed by atoms with van der Waals surface area (Å²) in [7, 11) is 0. The van der Waals surface area contributed by atoms with Gasteiger partial charge in [-0.05, 0) is 12.8 Å². The zero-order chi connectivity index (χ0) is 13.1. The first kappa shape index (κ1) is 12.9. The molecule has 1 aromatic carbocycles. The van der Waals surface area contributed by atoms with Gasteiger partial charge in [-0.2, -0.15) is 0 Å². The molecule has 1 aromatic rings. The lowest BCUT2D eigenvalue weighted by atomic mass is 10.2. The van der Waals surface area contributed by atoms with E-state index in [1.165, 1.54) is 0 Å². The number of benzene rings is 1. The molecule has 2 nitrogen and oxygen atoms in total. The van der Waals surface area contributed by atoms with Crippen LogP contribution in [-0.2, 0) is 0 Å². The van der Waals surface area contributed by atoms with Gasteiger partial charge >= 0.3 is 0 Å². The molecule has 1 N–H and O–H groups in total. The van der Waals surface area contributed by atoms with Gasteiger partial charge in [-0.3, -0.25) is 4.99 Å². The highest BCUT2D eigenvalue weighted by atomic mass is 19.2. The second-order valence-electron chi connectivity index (χ2n) is 4.11. The van der Waals surface area contributed by atoms with Crippen molar-refractivity contribution in [2.45, 2.75) is 25.7 Å². The summed E-state index contributed by atoms with van der Waals surface area (Å²) in [5.41, 5.74) is -0.812. The van der Waals surface area contributed by atoms with Crippen molar-refractivity contribution < 1.29 is 17.6 Å². The van der Waals surface area contributed by atoms with E-state index in [0.29, 0.717) is 18.8 Å². The average Bonchev–Trinajstić information content (AvgIpc) is 2.61. The Hall–Kier alpha value is -1.59. The third kappa shape index (κ3) is 2.63. The quantitative estimate of drug-likeness (QED) is 0.605. The van der Waals surface area contributed by atoms with Crippen LogP contribution in [0.5, 0.6) is 0 Å². The molecule has 0 saturated carbocycles. The Balaban J connectivity index is 2.30. The van der Waals surface area contributed by atoms with E-state index in [9.17, 15) is 17.6 Å². The van der Waals surface area contributed by atoms with E-state index in [1.54, 1.807) is 0 Å². The molecule has 0 aromatic heterocycles. The fourth-order valence-electron chi connectivity index (χ4n) is 1.80. The van der Waals surface area contributed by atoms with Crippen LogP contribution in [-0.4, -0.2) is 12.4 Å². The fourth-order valence-corrected chi connectivity index (χ4v) is 1.80. The number of halogens is 4. The van der Waals surface area contributed by atoms with Gasteiger partial charge in [0, 0.05) is 19.0 Å². The summed E-state index contributed by atoms with van der Waals surface area (Å²) < 4.78 is 52.8. The molecule has 0 aliphatic carbocycles. The monoisotopic (exact) mass is 260 g/mol. The van der Waals surface area contributed by atoms with Crippen molar-refractivity contribution >= 4 is 11.5 Å². The lowest BCUT2D eigenvalue weighted by molar-refractivity contribution is 0.459. The normalized spacial score (nSPS) is 16.1. The molecule has 0 bridgehead atoms. The largest absolute Gasteiger partial charge is 0.339 e. The van der Waals surface area contributed by atoms with Crippen LogP contribution in [0.2, 0.25) is 0 Å². The van der Waals surface area contributed by atoms with Crippen LogP contribution in [0, 0.1) is 23.3 Å². The number of rotatable bonds is 1. The third-order valence-corrected chi connectivity index (χ3v) is 2.76. The summed E-state index contributed by atoms with van der Waals surface area (Å²) in [5, 5.41) is 2.36. The van der Waals surface area contributed by atoms with Gasteiger partial charge in [-0.1, -0.05) is 6.42 Å². The SMILES string of the molecule is Fc1cc(F)c(F)c(NC2=NCCCCC2)c1F. The number of hydrogen-bond acceptors (Lipinski definition) is 2. The van der Waals surface area contributed by atoms with E-state index in [4.69, 9.17) is 0 Å². The van der Waals surface area contributed by atoms with Crippen molar-refractivity contribution in [2.24, 2.45) is 4.99 Å². The predicted octanol–water partition coefficient (Wildman–Crippen LogP) is 3.63. The zero-order valence-electron chi connectivity index (χ0n) is 9.57. The molecule has 6 heteroatoms. The molecule has 0 fully saturated rings. The summed E-state index contributed by atoms with van der Waals surface area (Å²) in [6.07, 6.45) is 3.20. The van der Waals surface area contributed by atoms with Crippen LogP contribution in [0.25, 0.3) is 0 Å². The van der Waals surface area contributed by atoms with E-state index >= 15 is 0 Å². The topological polar surface area (TPSA) is 24.4 Å². The highest BCUT2D eigenvalue weighted by Gasteiger charge is 2.20. The molecule has 1 aliphatic heterocycles. The Morgan fingerprint density at radius 3 is 2.28 bits per heavy atom. The van der Waals surface area contributed by atoms with Crippen molar-refractivity contribution in [3.05, 3.63) is 29.3 Å². The second kappa shape index (κ2) is 5.37. The minimum absolute atomic E-state index is 0.185. The second-order valence-corrected chi connectivity index (χ2v) is 4.11. The van der Waals surface area contributed by atoms with Crippen molar-refractivity contribution in [3.8, 4) is 0 Å². The lowest BCUT2D eigenvalue weighted by Gasteiger charge is -2.11. The van der Waals surface area contributed by atoms with Gasteiger partial charge < -0.3 is 5.32 Å². The van der Waals surface area contributed by atoms with E-state index in [-0.39, 0.29) is 6.07 Å². The van der Waals surface area contributed by atoms with Crippen molar-refractivity contribution in [1.82, 2.24) is 0 Å². The van der Waals surface area contributed by atoms with Crippen molar-refractivity contribution in [1.29, 1.82) is 0 Å². The molecule has 2 rings (SSSR count). The van der Waals surface area contributed by atoms with Gasteiger partial charge in [0.25, 0.3) is 0 Å². The molecule has 1 aliphatic rings. The first-order chi connectivity index (χ1) is 8.59. The Labute approximate surface area is 102 Å². The summed E-state index contributed by atoms with van der Waals surface area (Å²) in [4.78, 5) is 4.09. The summed E-state index contributed by atoms with van der Waals surface area (Å²) in [6, 6.07) is 0.185. The fraction of sp³-hybridized carbons (Fsp3) is 0.417. The number of amidine groups is 1.